The Morgan fingerprint density at radius 1 is 0.919 bits per heavy atom. The molecule has 37 heavy (non-hydrogen) atoms. The van der Waals surface area contributed by atoms with Crippen molar-refractivity contribution in [3.05, 3.63) is 89.6 Å². The van der Waals surface area contributed by atoms with E-state index in [9.17, 15) is 0 Å². The average molecular weight is 495 g/mol. The summed E-state index contributed by atoms with van der Waals surface area (Å²) in [5.41, 5.74) is 5.30. The monoisotopic (exact) mass is 494 g/mol. The number of anilines is 2. The second-order valence-corrected chi connectivity index (χ2v) is 8.41. The summed E-state index contributed by atoms with van der Waals surface area (Å²) in [7, 11) is 1.66. The van der Waals surface area contributed by atoms with Crippen LogP contribution in [0.25, 0.3) is 11.4 Å². The van der Waals surface area contributed by atoms with Crippen molar-refractivity contribution >= 4 is 11.5 Å². The second kappa shape index (κ2) is 10.8. The molecule has 0 atom stereocenters. The quantitative estimate of drug-likeness (QED) is 0.291. The van der Waals surface area contributed by atoms with Crippen LogP contribution in [0.2, 0.25) is 0 Å². The van der Waals surface area contributed by atoms with Crippen LogP contribution in [0, 0.1) is 13.8 Å². The lowest BCUT2D eigenvalue weighted by Gasteiger charge is -2.14. The number of nitrogens with zero attached hydrogens (tertiary/aromatic N) is 6. The van der Waals surface area contributed by atoms with E-state index in [2.05, 4.69) is 35.9 Å². The Bertz CT molecular complexity index is 1490. The molecule has 2 N–H and O–H groups in total. The Morgan fingerprint density at radius 3 is 2.62 bits per heavy atom. The Hall–Kier alpha value is -4.86. The minimum Gasteiger partial charge on any atom is -0.496 e. The molecule has 0 bridgehead atoms. The predicted molar refractivity (Wildman–Crippen MR) is 139 cm³/mol. The summed E-state index contributed by atoms with van der Waals surface area (Å²) >= 11 is 0. The second-order valence-electron chi connectivity index (χ2n) is 8.41. The standard InChI is InChI=1S/C27H26N8O2/c1-17-14-24(27(30-18(17)2)22-6-4-5-12-28-22)37-21-11-13-29-26(16-21)31-20-8-9-23(36-3)19(15-20)7-10-25-32-34-35-33-25/h4-6,8-9,11-16H,7,10H2,1-3H3,(H,29,31)(H,32,33,34,35). The van der Waals surface area contributed by atoms with Crippen LogP contribution in [0.1, 0.15) is 22.6 Å². The van der Waals surface area contributed by atoms with E-state index in [1.165, 1.54) is 0 Å². The van der Waals surface area contributed by atoms with Gasteiger partial charge in [0.05, 0.1) is 12.8 Å². The Kier molecular flexibility index (Phi) is 6.98. The molecule has 0 unspecified atom stereocenters. The average Bonchev–Trinajstić information content (AvgIpc) is 3.44. The summed E-state index contributed by atoms with van der Waals surface area (Å²) < 4.78 is 11.8. The van der Waals surface area contributed by atoms with Crippen LogP contribution in [0.5, 0.6) is 17.2 Å². The van der Waals surface area contributed by atoms with Gasteiger partial charge in [0.15, 0.2) is 11.6 Å². The highest BCUT2D eigenvalue weighted by Gasteiger charge is 2.14. The maximum atomic E-state index is 6.29. The van der Waals surface area contributed by atoms with Gasteiger partial charge in [-0.15, -0.1) is 10.2 Å². The fraction of sp³-hybridized carbons (Fsp3) is 0.185. The zero-order valence-corrected chi connectivity index (χ0v) is 20.8. The Balaban J connectivity index is 1.37. The molecular formula is C27H26N8O2. The molecule has 1 aromatic carbocycles. The number of methoxy groups -OCH3 is 1. The SMILES string of the molecule is COc1ccc(Nc2cc(Oc3cc(C)c(C)nc3-c3ccccn3)ccn2)cc1CCc1nn[nH]n1. The number of aryl methyl sites for hydroxylation is 4. The number of ether oxygens (including phenoxy) is 2. The number of benzene rings is 1. The van der Waals surface area contributed by atoms with E-state index in [-0.39, 0.29) is 0 Å². The maximum Gasteiger partial charge on any atom is 0.174 e. The molecule has 0 saturated carbocycles. The molecule has 0 radical (unpaired) electrons. The molecule has 0 fully saturated rings. The molecule has 4 aromatic heterocycles. The first-order valence-electron chi connectivity index (χ1n) is 11.8. The van der Waals surface area contributed by atoms with E-state index in [0.717, 1.165) is 34.0 Å². The van der Waals surface area contributed by atoms with Crippen LogP contribution >= 0.6 is 0 Å². The van der Waals surface area contributed by atoms with Crippen LogP contribution in [-0.2, 0) is 12.8 Å². The highest BCUT2D eigenvalue weighted by molar-refractivity contribution is 5.65. The van der Waals surface area contributed by atoms with Gasteiger partial charge in [-0.1, -0.05) is 11.3 Å². The van der Waals surface area contributed by atoms with Crippen molar-refractivity contribution < 1.29 is 9.47 Å². The highest BCUT2D eigenvalue weighted by Crippen LogP contribution is 2.33. The van der Waals surface area contributed by atoms with E-state index in [1.807, 2.05) is 68.4 Å². The lowest BCUT2D eigenvalue weighted by atomic mass is 10.1. The van der Waals surface area contributed by atoms with E-state index in [4.69, 9.17) is 14.5 Å². The first kappa shape index (κ1) is 23.9. The Morgan fingerprint density at radius 2 is 1.84 bits per heavy atom. The summed E-state index contributed by atoms with van der Waals surface area (Å²) in [4.78, 5) is 13.7. The predicted octanol–water partition coefficient (Wildman–Crippen LogP) is 5.00. The minimum atomic E-state index is 0.630. The first-order valence-corrected chi connectivity index (χ1v) is 11.8. The van der Waals surface area contributed by atoms with Crippen LogP contribution in [0.3, 0.4) is 0 Å². The first-order chi connectivity index (χ1) is 18.1. The van der Waals surface area contributed by atoms with Crippen LogP contribution < -0.4 is 14.8 Å². The van der Waals surface area contributed by atoms with Crippen LogP contribution in [0.15, 0.2) is 67.0 Å². The van der Waals surface area contributed by atoms with Crippen molar-refractivity contribution in [1.82, 2.24) is 35.6 Å². The van der Waals surface area contributed by atoms with Crippen molar-refractivity contribution in [3.63, 3.8) is 0 Å². The third-order valence-corrected chi connectivity index (χ3v) is 5.86. The lowest BCUT2D eigenvalue weighted by Crippen LogP contribution is -2.00. The van der Waals surface area contributed by atoms with Gasteiger partial charge >= 0.3 is 0 Å². The highest BCUT2D eigenvalue weighted by atomic mass is 16.5. The zero-order valence-electron chi connectivity index (χ0n) is 20.8. The molecular weight excluding hydrogens is 468 g/mol. The molecule has 186 valence electrons. The van der Waals surface area contributed by atoms with Crippen molar-refractivity contribution in [2.75, 3.05) is 12.4 Å². The summed E-state index contributed by atoms with van der Waals surface area (Å²) in [6, 6.07) is 17.3. The van der Waals surface area contributed by atoms with E-state index in [1.54, 1.807) is 19.5 Å². The largest absolute Gasteiger partial charge is 0.496 e. The summed E-state index contributed by atoms with van der Waals surface area (Å²) in [5.74, 6) is 3.35. The van der Waals surface area contributed by atoms with Crippen LogP contribution in [-0.4, -0.2) is 42.7 Å². The summed E-state index contributed by atoms with van der Waals surface area (Å²) in [5, 5.41) is 17.5. The fourth-order valence-electron chi connectivity index (χ4n) is 3.85. The van der Waals surface area contributed by atoms with E-state index >= 15 is 0 Å². The van der Waals surface area contributed by atoms with Crippen molar-refractivity contribution in [3.8, 4) is 28.6 Å². The number of aromatic nitrogens is 7. The number of hydrogen-bond donors (Lipinski definition) is 2. The zero-order chi connectivity index (χ0) is 25.6. The molecule has 0 spiro atoms. The molecule has 0 aliphatic heterocycles. The van der Waals surface area contributed by atoms with E-state index in [0.29, 0.717) is 41.7 Å². The smallest absolute Gasteiger partial charge is 0.174 e. The number of tetrazole rings is 1. The van der Waals surface area contributed by atoms with Crippen LogP contribution in [0.4, 0.5) is 11.5 Å². The lowest BCUT2D eigenvalue weighted by molar-refractivity contribution is 0.409. The number of H-pyrrole nitrogens is 1. The van der Waals surface area contributed by atoms with Crippen molar-refractivity contribution in [2.24, 2.45) is 0 Å². The number of aromatic amines is 1. The van der Waals surface area contributed by atoms with Gasteiger partial charge in [-0.05, 0) is 73.9 Å². The topological polar surface area (TPSA) is 124 Å². The van der Waals surface area contributed by atoms with Crippen molar-refractivity contribution in [2.45, 2.75) is 26.7 Å². The van der Waals surface area contributed by atoms with Gasteiger partial charge in [-0.2, -0.15) is 5.21 Å². The molecule has 10 nitrogen and oxygen atoms in total. The molecule has 5 aromatic rings. The summed E-state index contributed by atoms with van der Waals surface area (Å²) in [6.07, 6.45) is 4.79. The normalized spacial score (nSPS) is 10.8. The van der Waals surface area contributed by atoms with Gasteiger partial charge in [-0.3, -0.25) is 4.98 Å². The van der Waals surface area contributed by atoms with Gasteiger partial charge in [0.1, 0.15) is 23.0 Å². The molecule has 0 saturated heterocycles. The third-order valence-electron chi connectivity index (χ3n) is 5.86. The van der Waals surface area contributed by atoms with Crippen molar-refractivity contribution in [1.29, 1.82) is 0 Å². The molecule has 5 rings (SSSR count). The minimum absolute atomic E-state index is 0.630. The van der Waals surface area contributed by atoms with Gasteiger partial charge in [0.25, 0.3) is 0 Å². The fourth-order valence-corrected chi connectivity index (χ4v) is 3.85. The molecule has 10 heteroatoms. The Labute approximate surface area is 214 Å². The molecule has 0 amide bonds. The molecule has 0 aliphatic carbocycles. The summed E-state index contributed by atoms with van der Waals surface area (Å²) in [6.45, 7) is 3.99. The number of pyridine rings is 3. The number of hydrogen-bond acceptors (Lipinski definition) is 9. The van der Waals surface area contributed by atoms with E-state index < -0.39 is 0 Å². The third kappa shape index (κ3) is 5.69. The number of rotatable bonds is 9. The molecule has 0 aliphatic rings. The van der Waals surface area contributed by atoms with Gasteiger partial charge < -0.3 is 14.8 Å². The maximum absolute atomic E-state index is 6.29. The van der Waals surface area contributed by atoms with Gasteiger partial charge in [0, 0.05) is 36.3 Å². The number of nitrogens with one attached hydrogen (secondary N) is 2. The molecule has 4 heterocycles. The van der Waals surface area contributed by atoms with Gasteiger partial charge in [0.2, 0.25) is 0 Å². The van der Waals surface area contributed by atoms with Gasteiger partial charge in [-0.25, -0.2) is 9.97 Å².